The van der Waals surface area contributed by atoms with Crippen molar-refractivity contribution in [2.75, 3.05) is 7.05 Å². The highest BCUT2D eigenvalue weighted by atomic mass is 19.3. The van der Waals surface area contributed by atoms with Crippen LogP contribution in [-0.2, 0) is 11.3 Å². The van der Waals surface area contributed by atoms with Crippen molar-refractivity contribution in [2.45, 2.75) is 56.8 Å². The van der Waals surface area contributed by atoms with Crippen LogP contribution in [0.25, 0.3) is 10.9 Å². The van der Waals surface area contributed by atoms with Gasteiger partial charge in [0.05, 0.1) is 5.52 Å². The van der Waals surface area contributed by atoms with Gasteiger partial charge < -0.3 is 9.64 Å². The fourth-order valence-corrected chi connectivity index (χ4v) is 4.21. The maximum Gasteiger partial charge on any atom is 0.359 e. The van der Waals surface area contributed by atoms with Crippen molar-refractivity contribution in [3.05, 3.63) is 30.0 Å². The third-order valence-electron chi connectivity index (χ3n) is 5.49. The lowest BCUT2D eigenvalue weighted by molar-refractivity contribution is -0.000969. The van der Waals surface area contributed by atoms with Gasteiger partial charge in [0.2, 0.25) is 0 Å². The number of esters is 1. The zero-order valence-corrected chi connectivity index (χ0v) is 14.1. The Morgan fingerprint density at radius 1 is 1.28 bits per heavy atom. The molecule has 134 valence electrons. The first-order chi connectivity index (χ1) is 12.0. The van der Waals surface area contributed by atoms with Crippen LogP contribution in [0.2, 0.25) is 0 Å². The van der Waals surface area contributed by atoms with Gasteiger partial charge in [0, 0.05) is 30.3 Å². The predicted octanol–water partition coefficient (Wildman–Crippen LogP) is 3.08. The van der Waals surface area contributed by atoms with Gasteiger partial charge in [-0.2, -0.15) is 5.10 Å². The molecule has 4 rings (SSSR count). The monoisotopic (exact) mass is 349 g/mol. The molecule has 2 aliphatic heterocycles. The minimum absolute atomic E-state index is 0.125. The maximum absolute atomic E-state index is 12.8. The molecule has 2 aromatic rings. The molecule has 0 spiro atoms. The molecular formula is C18H21F2N3O2. The Hall–Kier alpha value is -2.02. The van der Waals surface area contributed by atoms with E-state index in [2.05, 4.69) is 17.0 Å². The quantitative estimate of drug-likeness (QED) is 0.796. The number of aromatic nitrogens is 2. The van der Waals surface area contributed by atoms with E-state index in [4.69, 9.17) is 4.74 Å². The Morgan fingerprint density at radius 2 is 1.96 bits per heavy atom. The predicted molar refractivity (Wildman–Crippen MR) is 88.7 cm³/mol. The highest BCUT2D eigenvalue weighted by molar-refractivity contribution is 6.02. The molecule has 7 heteroatoms. The molecule has 0 aliphatic carbocycles. The summed E-state index contributed by atoms with van der Waals surface area (Å²) in [6.07, 6.45) is 1.28. The van der Waals surface area contributed by atoms with E-state index in [9.17, 15) is 13.6 Å². The van der Waals surface area contributed by atoms with Crippen LogP contribution in [0, 0.1) is 0 Å². The van der Waals surface area contributed by atoms with Gasteiger partial charge in [-0.15, -0.1) is 0 Å². The second-order valence-corrected chi connectivity index (χ2v) is 6.99. The number of benzene rings is 1. The number of halogens is 2. The van der Waals surface area contributed by atoms with E-state index < -0.39 is 18.9 Å². The van der Waals surface area contributed by atoms with Crippen LogP contribution in [0.1, 0.15) is 36.2 Å². The molecule has 1 aromatic carbocycles. The van der Waals surface area contributed by atoms with Crippen molar-refractivity contribution in [3.63, 3.8) is 0 Å². The van der Waals surface area contributed by atoms with Crippen molar-refractivity contribution in [2.24, 2.45) is 0 Å². The van der Waals surface area contributed by atoms with Gasteiger partial charge in [0.15, 0.2) is 5.69 Å². The van der Waals surface area contributed by atoms with Crippen molar-refractivity contribution < 1.29 is 18.3 Å². The number of alkyl halides is 2. The summed E-state index contributed by atoms with van der Waals surface area (Å²) in [5, 5.41) is 4.67. The van der Waals surface area contributed by atoms with Crippen molar-refractivity contribution in [3.8, 4) is 0 Å². The topological polar surface area (TPSA) is 47.4 Å². The normalized spacial score (nSPS) is 26.5. The second kappa shape index (κ2) is 6.37. The van der Waals surface area contributed by atoms with Gasteiger partial charge in [-0.1, -0.05) is 18.2 Å². The zero-order valence-electron chi connectivity index (χ0n) is 14.1. The highest BCUT2D eigenvalue weighted by Crippen LogP contribution is 2.36. The molecule has 0 saturated carbocycles. The average Bonchev–Trinajstić information content (AvgIpc) is 3.01. The van der Waals surface area contributed by atoms with E-state index in [0.29, 0.717) is 23.0 Å². The van der Waals surface area contributed by atoms with Gasteiger partial charge >= 0.3 is 5.97 Å². The average molecular weight is 349 g/mol. The molecule has 0 radical (unpaired) electrons. The largest absolute Gasteiger partial charge is 0.457 e. The van der Waals surface area contributed by atoms with Gasteiger partial charge in [-0.05, 0) is 26.0 Å². The number of carbonyl (C=O) groups excluding carboxylic acids is 1. The van der Waals surface area contributed by atoms with Crippen molar-refractivity contribution in [1.82, 2.24) is 14.7 Å². The molecule has 2 atom stereocenters. The molecule has 3 heterocycles. The number of hydrogen-bond acceptors (Lipinski definition) is 4. The van der Waals surface area contributed by atoms with Crippen molar-refractivity contribution >= 4 is 16.9 Å². The lowest BCUT2D eigenvalue weighted by Gasteiger charge is -2.35. The number of rotatable bonds is 4. The Kier molecular flexibility index (Phi) is 4.19. The standard InChI is InChI=1S/C18H21F2N3O2/c1-22-11-6-7-12(22)9-13(8-11)25-18(24)17-14-4-2-3-5-15(14)23(21-17)10-16(19)20/h2-5,11-13,16H,6-10H2,1H3. The maximum atomic E-state index is 12.8. The minimum Gasteiger partial charge on any atom is -0.457 e. The van der Waals surface area contributed by atoms with E-state index in [0.717, 1.165) is 25.7 Å². The first kappa shape index (κ1) is 16.4. The summed E-state index contributed by atoms with van der Waals surface area (Å²) < 4.78 is 32.5. The molecule has 2 saturated heterocycles. The fraction of sp³-hybridized carbons (Fsp3) is 0.556. The summed E-state index contributed by atoms with van der Waals surface area (Å²) >= 11 is 0. The summed E-state index contributed by atoms with van der Waals surface area (Å²) in [7, 11) is 2.12. The van der Waals surface area contributed by atoms with Crippen LogP contribution in [-0.4, -0.2) is 52.3 Å². The smallest absolute Gasteiger partial charge is 0.359 e. The molecule has 0 N–H and O–H groups in total. The van der Waals surface area contributed by atoms with E-state index in [1.807, 2.05) is 0 Å². The second-order valence-electron chi connectivity index (χ2n) is 6.99. The van der Waals surface area contributed by atoms with Crippen LogP contribution in [0.3, 0.4) is 0 Å². The van der Waals surface area contributed by atoms with Gasteiger partial charge in [0.25, 0.3) is 6.43 Å². The molecule has 1 aromatic heterocycles. The molecule has 2 unspecified atom stereocenters. The summed E-state index contributed by atoms with van der Waals surface area (Å²) in [5.74, 6) is -0.516. The van der Waals surface area contributed by atoms with E-state index in [1.54, 1.807) is 24.3 Å². The van der Waals surface area contributed by atoms with Crippen molar-refractivity contribution in [1.29, 1.82) is 0 Å². The van der Waals surface area contributed by atoms with Crippen LogP contribution < -0.4 is 0 Å². The number of fused-ring (bicyclic) bond motifs is 3. The molecule has 0 amide bonds. The van der Waals surface area contributed by atoms with Crippen LogP contribution in [0.5, 0.6) is 0 Å². The number of para-hydroxylation sites is 1. The van der Waals surface area contributed by atoms with Gasteiger partial charge in [-0.25, -0.2) is 13.6 Å². The van der Waals surface area contributed by atoms with E-state index in [-0.39, 0.29) is 11.8 Å². The molecule has 2 bridgehead atoms. The van der Waals surface area contributed by atoms with Crippen LogP contribution >= 0.6 is 0 Å². The van der Waals surface area contributed by atoms with Crippen LogP contribution in [0.15, 0.2) is 24.3 Å². The molecule has 2 fully saturated rings. The minimum atomic E-state index is -2.53. The Morgan fingerprint density at radius 3 is 2.64 bits per heavy atom. The third kappa shape index (κ3) is 3.01. The molecule has 5 nitrogen and oxygen atoms in total. The summed E-state index contributed by atoms with van der Waals surface area (Å²) in [6, 6.07) is 7.85. The number of carbonyl (C=O) groups is 1. The van der Waals surface area contributed by atoms with Gasteiger partial charge in [-0.3, -0.25) is 4.68 Å². The zero-order chi connectivity index (χ0) is 17.6. The number of ether oxygens (including phenoxy) is 1. The first-order valence-corrected chi connectivity index (χ1v) is 8.69. The number of piperidine rings is 1. The number of nitrogens with zero attached hydrogens (tertiary/aromatic N) is 3. The summed E-state index contributed by atoms with van der Waals surface area (Å²) in [6.45, 7) is -0.536. The Balaban J connectivity index is 1.56. The molecule has 2 aliphatic rings. The third-order valence-corrected chi connectivity index (χ3v) is 5.49. The van der Waals surface area contributed by atoms with Gasteiger partial charge in [0.1, 0.15) is 12.6 Å². The summed E-state index contributed by atoms with van der Waals surface area (Å²) in [4.78, 5) is 15.0. The molecule has 25 heavy (non-hydrogen) atoms. The summed E-state index contributed by atoms with van der Waals surface area (Å²) in [5.41, 5.74) is 0.653. The highest BCUT2D eigenvalue weighted by Gasteiger charge is 2.40. The molecular weight excluding hydrogens is 328 g/mol. The van der Waals surface area contributed by atoms with E-state index >= 15 is 0 Å². The van der Waals surface area contributed by atoms with E-state index in [1.165, 1.54) is 4.68 Å². The first-order valence-electron chi connectivity index (χ1n) is 8.69. The fourth-order valence-electron chi connectivity index (χ4n) is 4.21. The number of hydrogen-bond donors (Lipinski definition) is 0. The Bertz CT molecular complexity index is 778. The SMILES string of the molecule is CN1C2CCC1CC(OC(=O)c1nn(CC(F)F)c3ccccc13)C2. The lowest BCUT2D eigenvalue weighted by Crippen LogP contribution is -2.43. The van der Waals surface area contributed by atoms with Crippen LogP contribution in [0.4, 0.5) is 8.78 Å². The Labute approximate surface area is 144 Å². The lowest BCUT2D eigenvalue weighted by atomic mass is 10.0.